The Morgan fingerprint density at radius 1 is 1.13 bits per heavy atom. The highest BCUT2D eigenvalue weighted by Gasteiger charge is 2.12. The Bertz CT molecular complexity index is 1170. The zero-order valence-electron chi connectivity index (χ0n) is 21.8. The summed E-state index contributed by atoms with van der Waals surface area (Å²) >= 11 is 5.98. The van der Waals surface area contributed by atoms with Gasteiger partial charge in [-0.3, -0.25) is 9.59 Å². The zero-order valence-corrected chi connectivity index (χ0v) is 22.6. The van der Waals surface area contributed by atoms with Gasteiger partial charge in [0.2, 0.25) is 5.91 Å². The van der Waals surface area contributed by atoms with Gasteiger partial charge in [0.05, 0.1) is 19.2 Å². The molecular weight excluding hydrogens is 513 g/mol. The Hall–Kier alpha value is -3.67. The predicted octanol–water partition coefficient (Wildman–Crippen LogP) is 2.89. The molecule has 1 aromatic heterocycles. The third-order valence-electron chi connectivity index (χ3n) is 5.46. The Labute approximate surface area is 227 Å². The van der Waals surface area contributed by atoms with Gasteiger partial charge in [-0.25, -0.2) is 9.37 Å². The van der Waals surface area contributed by atoms with Gasteiger partial charge in [-0.05, 0) is 44.3 Å². The van der Waals surface area contributed by atoms with E-state index in [4.69, 9.17) is 27.8 Å². The molecule has 0 saturated carbocycles. The average molecular weight is 548 g/mol. The average Bonchev–Trinajstić information content (AvgIpc) is 2.89. The van der Waals surface area contributed by atoms with Crippen LogP contribution >= 0.6 is 11.6 Å². The lowest BCUT2D eigenvalue weighted by molar-refractivity contribution is -0.140. The maximum absolute atomic E-state index is 14.2. The molecule has 1 heterocycles. The van der Waals surface area contributed by atoms with Crippen molar-refractivity contribution in [1.29, 1.82) is 0 Å². The quantitative estimate of drug-likeness (QED) is 0.178. The second kappa shape index (κ2) is 15.6. The maximum Gasteiger partial charge on any atom is 0.306 e. The highest BCUT2D eigenvalue weighted by Crippen LogP contribution is 2.22. The lowest BCUT2D eigenvalue weighted by Gasteiger charge is -2.21. The molecule has 0 unspecified atom stereocenters. The molecule has 0 spiro atoms. The number of benzene rings is 1. The van der Waals surface area contributed by atoms with E-state index in [1.54, 1.807) is 19.1 Å². The molecule has 38 heavy (non-hydrogen) atoms. The van der Waals surface area contributed by atoms with E-state index in [1.165, 1.54) is 37.6 Å². The Morgan fingerprint density at radius 2 is 1.87 bits per heavy atom. The van der Waals surface area contributed by atoms with Crippen LogP contribution in [-0.4, -0.2) is 62.1 Å². The number of carbonyl (C=O) groups is 2. The molecule has 1 amide bonds. The summed E-state index contributed by atoms with van der Waals surface area (Å²) < 4.78 is 18.9. The van der Waals surface area contributed by atoms with Gasteiger partial charge in [0.25, 0.3) is 0 Å². The lowest BCUT2D eigenvalue weighted by atomic mass is 10.1. The van der Waals surface area contributed by atoms with Crippen LogP contribution < -0.4 is 27.4 Å². The molecule has 0 bridgehead atoms. The Kier molecular flexibility index (Phi) is 12.5. The molecule has 10 nitrogen and oxygen atoms in total. The van der Waals surface area contributed by atoms with Crippen molar-refractivity contribution in [3.8, 4) is 0 Å². The number of amides is 1. The third kappa shape index (κ3) is 10.4. The van der Waals surface area contributed by atoms with Gasteiger partial charge in [0.1, 0.15) is 11.6 Å². The number of anilines is 2. The predicted molar refractivity (Wildman–Crippen MR) is 149 cm³/mol. The van der Waals surface area contributed by atoms with Crippen LogP contribution in [0.4, 0.5) is 15.9 Å². The van der Waals surface area contributed by atoms with Crippen LogP contribution in [0.15, 0.2) is 54.0 Å². The number of hydrogen-bond donors (Lipinski definition) is 5. The summed E-state index contributed by atoms with van der Waals surface area (Å²) in [6.07, 6.45) is 3.50. The molecule has 0 atom stereocenters. The Morgan fingerprint density at radius 3 is 2.55 bits per heavy atom. The third-order valence-corrected chi connectivity index (χ3v) is 5.70. The van der Waals surface area contributed by atoms with Gasteiger partial charge in [-0.15, -0.1) is 0 Å². The highest BCUT2D eigenvalue weighted by molar-refractivity contribution is 6.30. The minimum atomic E-state index is -0.513. The highest BCUT2D eigenvalue weighted by atomic mass is 35.5. The second-order valence-electron chi connectivity index (χ2n) is 8.44. The number of rotatable bonds is 14. The number of pyridine rings is 1. The lowest BCUT2D eigenvalue weighted by Crippen LogP contribution is -2.35. The van der Waals surface area contributed by atoms with Crippen molar-refractivity contribution < 1.29 is 18.7 Å². The van der Waals surface area contributed by atoms with Crippen molar-refractivity contribution in [3.63, 3.8) is 0 Å². The first kappa shape index (κ1) is 30.6. The normalized spacial score (nSPS) is 12.2. The summed E-state index contributed by atoms with van der Waals surface area (Å²) in [5, 5.41) is 9.31. The van der Waals surface area contributed by atoms with Crippen molar-refractivity contribution in [2.75, 3.05) is 51.0 Å². The van der Waals surface area contributed by atoms with E-state index in [1.807, 2.05) is 11.9 Å². The Balaban J connectivity index is 2.05. The van der Waals surface area contributed by atoms with Gasteiger partial charge in [-0.1, -0.05) is 11.6 Å². The number of allylic oxidation sites excluding steroid dienone is 2. The SMILES string of the molecule is CNCCN(CCC(=O)Nc1cc(NC(/C=C(\N)c2cc(Cl)ccc2F)=C(\C)N)ccn1)CCC(=O)OC. The smallest absolute Gasteiger partial charge is 0.306 e. The number of ether oxygens (including phenoxy) is 1. The number of nitrogens with zero attached hydrogens (tertiary/aromatic N) is 2. The topological polar surface area (TPSA) is 148 Å². The largest absolute Gasteiger partial charge is 0.469 e. The molecule has 1 aromatic carbocycles. The van der Waals surface area contributed by atoms with E-state index in [2.05, 4.69) is 20.9 Å². The monoisotopic (exact) mass is 547 g/mol. The van der Waals surface area contributed by atoms with Gasteiger partial charge in [0, 0.05) is 72.5 Å². The number of methoxy groups -OCH3 is 1. The first-order valence-electron chi connectivity index (χ1n) is 12.0. The van der Waals surface area contributed by atoms with Gasteiger partial charge in [0.15, 0.2) is 0 Å². The molecule has 7 N–H and O–H groups in total. The molecule has 0 saturated heterocycles. The molecule has 0 aliphatic heterocycles. The van der Waals surface area contributed by atoms with E-state index >= 15 is 0 Å². The van der Waals surface area contributed by atoms with Crippen molar-refractivity contribution in [1.82, 2.24) is 15.2 Å². The summed E-state index contributed by atoms with van der Waals surface area (Å²) in [6, 6.07) is 7.44. The fourth-order valence-electron chi connectivity index (χ4n) is 3.35. The number of aromatic nitrogens is 1. The van der Waals surface area contributed by atoms with Crippen LogP contribution in [0.3, 0.4) is 0 Å². The van der Waals surface area contributed by atoms with Gasteiger partial charge < -0.3 is 37.1 Å². The molecule has 2 aromatic rings. The maximum atomic E-state index is 14.2. The van der Waals surface area contributed by atoms with Crippen LogP contribution in [0, 0.1) is 5.82 Å². The molecule has 0 fully saturated rings. The summed E-state index contributed by atoms with van der Waals surface area (Å²) in [5.74, 6) is -0.703. The van der Waals surface area contributed by atoms with Crippen LogP contribution in [0.1, 0.15) is 25.3 Å². The summed E-state index contributed by atoms with van der Waals surface area (Å²) in [7, 11) is 3.19. The number of halogens is 2. The minimum absolute atomic E-state index is 0.134. The van der Waals surface area contributed by atoms with E-state index in [-0.39, 0.29) is 36.0 Å². The van der Waals surface area contributed by atoms with Crippen LogP contribution in [0.5, 0.6) is 0 Å². The molecule has 2 rings (SSSR count). The number of hydrogen-bond acceptors (Lipinski definition) is 9. The number of carbonyl (C=O) groups excluding carboxylic acids is 2. The number of nitrogens with two attached hydrogens (primary N) is 2. The first-order chi connectivity index (χ1) is 18.1. The van der Waals surface area contributed by atoms with Gasteiger partial charge >= 0.3 is 5.97 Å². The van der Waals surface area contributed by atoms with E-state index < -0.39 is 5.82 Å². The van der Waals surface area contributed by atoms with E-state index in [0.717, 1.165) is 6.54 Å². The molecule has 206 valence electrons. The summed E-state index contributed by atoms with van der Waals surface area (Å²) in [6.45, 7) is 4.03. The van der Waals surface area contributed by atoms with Crippen molar-refractivity contribution >= 4 is 40.7 Å². The zero-order chi connectivity index (χ0) is 28.1. The van der Waals surface area contributed by atoms with E-state index in [9.17, 15) is 14.0 Å². The number of esters is 1. The first-order valence-corrected chi connectivity index (χ1v) is 12.4. The molecular formula is C26H35ClFN7O3. The van der Waals surface area contributed by atoms with Crippen LogP contribution in [0.2, 0.25) is 5.02 Å². The molecule has 12 heteroatoms. The van der Waals surface area contributed by atoms with Crippen molar-refractivity contribution in [2.24, 2.45) is 11.5 Å². The fourth-order valence-corrected chi connectivity index (χ4v) is 3.53. The molecule has 0 radical (unpaired) electrons. The summed E-state index contributed by atoms with van der Waals surface area (Å²) in [4.78, 5) is 30.3. The van der Waals surface area contributed by atoms with E-state index in [0.29, 0.717) is 47.6 Å². The van der Waals surface area contributed by atoms with Crippen molar-refractivity contribution in [2.45, 2.75) is 19.8 Å². The molecule has 0 aliphatic carbocycles. The van der Waals surface area contributed by atoms with Crippen LogP contribution in [-0.2, 0) is 14.3 Å². The van der Waals surface area contributed by atoms with Gasteiger partial charge in [-0.2, -0.15) is 0 Å². The summed E-state index contributed by atoms with van der Waals surface area (Å²) in [5.41, 5.74) is 13.9. The standard InChI is InChI=1S/C26H35ClFN7O3/c1-17(29)23(16-22(30)20-14-18(27)4-5-21(20)28)33-19-6-9-32-24(15-19)34-25(36)7-11-35(13-10-31-2)12-8-26(37)38-3/h4-6,9,14-16,31H,7-8,10-13,29-30H2,1-3H3,(H2,32,33,34,36)/b22-16-,23-17+. The number of likely N-dealkylation sites (N-methyl/N-ethyl adjacent to an activating group) is 1. The molecule has 0 aliphatic rings. The second-order valence-corrected chi connectivity index (χ2v) is 8.88. The van der Waals surface area contributed by atoms with Crippen molar-refractivity contribution in [3.05, 3.63) is 70.4 Å². The minimum Gasteiger partial charge on any atom is -0.469 e. The van der Waals surface area contributed by atoms with Crippen LogP contribution in [0.25, 0.3) is 5.70 Å². The number of nitrogens with one attached hydrogen (secondary N) is 3. The fraction of sp³-hybridized carbons (Fsp3) is 0.346.